The first-order chi connectivity index (χ1) is 8.55. The van der Waals surface area contributed by atoms with Gasteiger partial charge in [0.2, 0.25) is 0 Å². The monoisotopic (exact) mass is 340 g/mol. The average molecular weight is 341 g/mol. The molecule has 2 nitrogen and oxygen atoms in total. The topological polar surface area (TPSA) is 25.8 Å². The van der Waals surface area contributed by atoms with Gasteiger partial charge in [-0.05, 0) is 0 Å². The fourth-order valence-corrected chi connectivity index (χ4v) is 2.79. The average Bonchev–Trinajstić information content (AvgIpc) is 2.68. The normalized spacial score (nSPS) is 13.3. The van der Waals surface area contributed by atoms with Crippen LogP contribution in [0.4, 0.5) is 26.3 Å². The molecular formula is C8Cl2F6N2S. The minimum absolute atomic E-state index is 0.416. The van der Waals surface area contributed by atoms with E-state index in [4.69, 9.17) is 23.2 Å². The Morgan fingerprint density at radius 3 is 1.32 bits per heavy atom. The third-order valence-electron chi connectivity index (χ3n) is 2.16. The van der Waals surface area contributed by atoms with Crippen molar-refractivity contribution in [3.63, 3.8) is 0 Å². The number of halogens is 8. The molecule has 0 aliphatic carbocycles. The van der Waals surface area contributed by atoms with Crippen LogP contribution in [0.3, 0.4) is 0 Å². The molecule has 0 spiro atoms. The smallest absolute Gasteiger partial charge is 0.171 e. The Morgan fingerprint density at radius 2 is 1.05 bits per heavy atom. The highest BCUT2D eigenvalue weighted by Crippen LogP contribution is 2.49. The van der Waals surface area contributed by atoms with Crippen molar-refractivity contribution in [2.24, 2.45) is 0 Å². The number of rotatable bonds is 0. The van der Waals surface area contributed by atoms with Crippen LogP contribution in [0.2, 0.25) is 10.0 Å². The molecule has 1 aromatic heterocycles. The van der Waals surface area contributed by atoms with Crippen LogP contribution < -0.4 is 0 Å². The Bertz CT molecular complexity index is 593. The highest BCUT2D eigenvalue weighted by molar-refractivity contribution is 7.00. The highest BCUT2D eigenvalue weighted by Gasteiger charge is 2.48. The Morgan fingerprint density at radius 1 is 0.737 bits per heavy atom. The summed E-state index contributed by atoms with van der Waals surface area (Å²) in [5.41, 5.74) is -5.10. The van der Waals surface area contributed by atoms with Gasteiger partial charge >= 0.3 is 12.4 Å². The third kappa shape index (κ3) is 2.34. The first-order valence-corrected chi connectivity index (χ1v) is 5.81. The molecule has 19 heavy (non-hydrogen) atoms. The lowest BCUT2D eigenvalue weighted by atomic mass is 10.0. The van der Waals surface area contributed by atoms with E-state index in [0.717, 1.165) is 0 Å². The maximum absolute atomic E-state index is 12.8. The van der Waals surface area contributed by atoms with Gasteiger partial charge in [0.05, 0.1) is 32.9 Å². The molecule has 0 fully saturated rings. The van der Waals surface area contributed by atoms with Crippen molar-refractivity contribution >= 4 is 46.0 Å². The summed E-state index contributed by atoms with van der Waals surface area (Å²) in [5.74, 6) is 0. The highest BCUT2D eigenvalue weighted by atomic mass is 35.5. The Kier molecular flexibility index (Phi) is 3.35. The molecule has 0 saturated carbocycles. The van der Waals surface area contributed by atoms with Crippen molar-refractivity contribution in [2.75, 3.05) is 0 Å². The molecule has 0 bridgehead atoms. The van der Waals surface area contributed by atoms with E-state index in [9.17, 15) is 26.3 Å². The van der Waals surface area contributed by atoms with Gasteiger partial charge < -0.3 is 0 Å². The van der Waals surface area contributed by atoms with Gasteiger partial charge in [0.15, 0.2) is 0 Å². The van der Waals surface area contributed by atoms with E-state index < -0.39 is 44.6 Å². The molecule has 104 valence electrons. The number of hydrogen-bond acceptors (Lipinski definition) is 3. The third-order valence-corrected chi connectivity index (χ3v) is 3.42. The SMILES string of the molecule is FC(F)(F)c1c(C(F)(F)F)c(Cl)c2nsnc2c1Cl. The second kappa shape index (κ2) is 4.35. The van der Waals surface area contributed by atoms with Gasteiger partial charge in [-0.2, -0.15) is 35.1 Å². The van der Waals surface area contributed by atoms with Crippen LogP contribution in [0.25, 0.3) is 11.0 Å². The Hall–Kier alpha value is -0.800. The Balaban J connectivity index is 3.02. The molecule has 0 radical (unpaired) electrons. The lowest BCUT2D eigenvalue weighted by Crippen LogP contribution is -2.18. The van der Waals surface area contributed by atoms with Crippen LogP contribution in [0.15, 0.2) is 0 Å². The summed E-state index contributed by atoms with van der Waals surface area (Å²) in [5, 5.41) is -2.32. The molecule has 0 saturated heterocycles. The van der Waals surface area contributed by atoms with Crippen LogP contribution in [-0.2, 0) is 12.4 Å². The summed E-state index contributed by atoms with van der Waals surface area (Å²) in [7, 11) is 0. The molecule has 0 unspecified atom stereocenters. The molecule has 2 aromatic rings. The minimum Gasteiger partial charge on any atom is -0.171 e. The quantitative estimate of drug-likeness (QED) is 0.628. The molecule has 2 rings (SSSR count). The van der Waals surface area contributed by atoms with Gasteiger partial charge in [0, 0.05) is 0 Å². The van der Waals surface area contributed by atoms with E-state index >= 15 is 0 Å². The maximum atomic E-state index is 12.8. The van der Waals surface area contributed by atoms with Gasteiger partial charge in [-0.3, -0.25) is 0 Å². The van der Waals surface area contributed by atoms with E-state index in [2.05, 4.69) is 8.75 Å². The van der Waals surface area contributed by atoms with Gasteiger partial charge in [0.1, 0.15) is 11.0 Å². The van der Waals surface area contributed by atoms with Crippen molar-refractivity contribution < 1.29 is 26.3 Å². The first kappa shape index (κ1) is 14.6. The number of benzene rings is 1. The van der Waals surface area contributed by atoms with Gasteiger partial charge in [0.25, 0.3) is 0 Å². The van der Waals surface area contributed by atoms with Crippen molar-refractivity contribution in [2.45, 2.75) is 12.4 Å². The largest absolute Gasteiger partial charge is 0.418 e. The van der Waals surface area contributed by atoms with Crippen molar-refractivity contribution in [1.82, 2.24) is 8.75 Å². The van der Waals surface area contributed by atoms with Gasteiger partial charge in [-0.1, -0.05) is 23.2 Å². The van der Waals surface area contributed by atoms with Crippen LogP contribution in [-0.4, -0.2) is 8.75 Å². The summed E-state index contributed by atoms with van der Waals surface area (Å²) in [6.45, 7) is 0. The van der Waals surface area contributed by atoms with Crippen LogP contribution in [0.5, 0.6) is 0 Å². The van der Waals surface area contributed by atoms with E-state index in [1.165, 1.54) is 0 Å². The number of nitrogens with zero attached hydrogens (tertiary/aromatic N) is 2. The number of aromatic nitrogens is 2. The van der Waals surface area contributed by atoms with Crippen molar-refractivity contribution in [1.29, 1.82) is 0 Å². The van der Waals surface area contributed by atoms with E-state index in [1.54, 1.807) is 0 Å². The standard InChI is InChI=1S/C8Cl2F6N2S/c9-3-1(7(11,12)13)2(8(14,15)16)4(10)6-5(3)17-19-18-6. The minimum atomic E-state index is -5.32. The fourth-order valence-electron chi connectivity index (χ4n) is 1.47. The second-order valence-corrected chi connectivity index (χ2v) is 4.62. The summed E-state index contributed by atoms with van der Waals surface area (Å²) >= 11 is 11.2. The van der Waals surface area contributed by atoms with Crippen molar-refractivity contribution in [3.8, 4) is 0 Å². The molecule has 11 heteroatoms. The number of hydrogen-bond donors (Lipinski definition) is 0. The second-order valence-electron chi connectivity index (χ2n) is 3.33. The molecule has 1 heterocycles. The molecular weight excluding hydrogens is 341 g/mol. The molecule has 0 atom stereocenters. The zero-order valence-corrected chi connectivity index (χ0v) is 10.7. The molecule has 1 aromatic carbocycles. The summed E-state index contributed by atoms with van der Waals surface area (Å²) in [6.07, 6.45) is -10.6. The molecule has 0 aliphatic rings. The fraction of sp³-hybridized carbons (Fsp3) is 0.250. The van der Waals surface area contributed by atoms with Crippen LogP contribution in [0.1, 0.15) is 11.1 Å². The predicted molar refractivity (Wildman–Crippen MR) is 57.4 cm³/mol. The van der Waals surface area contributed by atoms with Gasteiger partial charge in [-0.15, -0.1) is 0 Å². The molecule has 0 amide bonds. The maximum Gasteiger partial charge on any atom is 0.418 e. The summed E-state index contributed by atoms with van der Waals surface area (Å²) in [4.78, 5) is 0. The zero-order chi connectivity index (χ0) is 14.6. The number of fused-ring (bicyclic) bond motifs is 1. The van der Waals surface area contributed by atoms with Crippen molar-refractivity contribution in [3.05, 3.63) is 21.2 Å². The van der Waals surface area contributed by atoms with Gasteiger partial charge in [-0.25, -0.2) is 0 Å². The first-order valence-electron chi connectivity index (χ1n) is 4.32. The van der Waals surface area contributed by atoms with Crippen LogP contribution in [0, 0.1) is 0 Å². The zero-order valence-electron chi connectivity index (χ0n) is 8.33. The molecule has 0 aliphatic heterocycles. The molecule has 0 N–H and O–H groups in total. The van der Waals surface area contributed by atoms with E-state index in [0.29, 0.717) is 11.7 Å². The lowest BCUT2D eigenvalue weighted by Gasteiger charge is -2.18. The summed E-state index contributed by atoms with van der Waals surface area (Å²) < 4.78 is 83.4. The Labute approximate surface area is 115 Å². The lowest BCUT2D eigenvalue weighted by molar-refractivity contribution is -0.161. The number of alkyl halides is 6. The van der Waals surface area contributed by atoms with E-state index in [1.807, 2.05) is 0 Å². The summed E-state index contributed by atoms with van der Waals surface area (Å²) in [6, 6.07) is 0. The predicted octanol–water partition coefficient (Wildman–Crippen LogP) is 5.04. The van der Waals surface area contributed by atoms with Crippen LogP contribution >= 0.6 is 34.9 Å². The van der Waals surface area contributed by atoms with E-state index in [-0.39, 0.29) is 0 Å².